The second-order valence-electron chi connectivity index (χ2n) is 7.99. The molecule has 7 heteroatoms. The Labute approximate surface area is 208 Å². The van der Waals surface area contributed by atoms with Gasteiger partial charge in [-0.05, 0) is 56.6 Å². The molecule has 0 fully saturated rings. The maximum Gasteiger partial charge on any atom is 0.114 e. The highest BCUT2D eigenvalue weighted by Gasteiger charge is 2.18. The van der Waals surface area contributed by atoms with Gasteiger partial charge in [-0.25, -0.2) is 0 Å². The molecule has 0 radical (unpaired) electrons. The van der Waals surface area contributed by atoms with Crippen LogP contribution in [0.15, 0.2) is 71.4 Å². The van der Waals surface area contributed by atoms with E-state index in [0.29, 0.717) is 0 Å². The highest BCUT2D eigenvalue weighted by Crippen LogP contribution is 2.45. The molecule has 0 saturated heterocycles. The molecule has 5 aromatic heterocycles. The van der Waals surface area contributed by atoms with E-state index in [1.165, 1.54) is 73.0 Å². The van der Waals surface area contributed by atoms with Crippen molar-refractivity contribution in [2.24, 2.45) is 0 Å². The molecule has 0 aliphatic rings. The minimum atomic E-state index is 1.00. The van der Waals surface area contributed by atoms with E-state index in [1.807, 2.05) is 45.3 Å². The van der Waals surface area contributed by atoms with E-state index in [-0.39, 0.29) is 0 Å². The molecule has 0 bridgehead atoms. The molecule has 8 aromatic rings. The lowest BCUT2D eigenvalue weighted by Crippen LogP contribution is -1.81. The van der Waals surface area contributed by atoms with Gasteiger partial charge in [0.2, 0.25) is 0 Å². The number of nitrogens with zero attached hydrogens (tertiary/aromatic N) is 2. The summed E-state index contributed by atoms with van der Waals surface area (Å²) >= 11 is 8.67. The summed E-state index contributed by atoms with van der Waals surface area (Å²) in [6, 6.07) is 22.4. The second kappa shape index (κ2) is 6.91. The van der Waals surface area contributed by atoms with Crippen LogP contribution in [0.2, 0.25) is 0 Å². The van der Waals surface area contributed by atoms with Crippen LogP contribution in [0.1, 0.15) is 0 Å². The van der Waals surface area contributed by atoms with Gasteiger partial charge in [0.05, 0.1) is 30.5 Å². The summed E-state index contributed by atoms with van der Waals surface area (Å²) in [5, 5.41) is 9.60. The van der Waals surface area contributed by atoms with E-state index < -0.39 is 0 Å². The Morgan fingerprint density at radius 1 is 0.485 bits per heavy atom. The fraction of sp³-hybridized carbons (Fsp3) is 0. The van der Waals surface area contributed by atoms with Crippen LogP contribution < -0.4 is 0 Å². The largest absolute Gasteiger partial charge is 0.172 e. The highest BCUT2D eigenvalue weighted by molar-refractivity contribution is 7.29. The third-order valence-electron chi connectivity index (χ3n) is 6.16. The van der Waals surface area contributed by atoms with Gasteiger partial charge < -0.3 is 0 Å². The van der Waals surface area contributed by atoms with Crippen molar-refractivity contribution in [1.82, 2.24) is 8.75 Å². The van der Waals surface area contributed by atoms with E-state index in [0.717, 1.165) is 11.0 Å². The fourth-order valence-corrected chi connectivity index (χ4v) is 9.65. The maximum absolute atomic E-state index is 4.75. The van der Waals surface area contributed by atoms with Crippen LogP contribution in [-0.2, 0) is 0 Å². The third kappa shape index (κ3) is 2.68. The minimum absolute atomic E-state index is 1.00. The van der Waals surface area contributed by atoms with E-state index in [1.54, 1.807) is 0 Å². The number of aromatic nitrogens is 2. The summed E-state index contributed by atoms with van der Waals surface area (Å²) in [5.74, 6) is 0. The summed E-state index contributed by atoms with van der Waals surface area (Å²) in [6.07, 6.45) is 0. The Hall–Kier alpha value is -2.68. The maximum atomic E-state index is 4.75. The third-order valence-corrected chi connectivity index (χ3v) is 11.2. The van der Waals surface area contributed by atoms with Gasteiger partial charge in [-0.15, -0.1) is 45.3 Å². The van der Waals surface area contributed by atoms with Gasteiger partial charge in [0, 0.05) is 20.9 Å². The zero-order valence-corrected chi connectivity index (χ0v) is 20.9. The summed E-state index contributed by atoms with van der Waals surface area (Å²) in [5.41, 5.74) is 4.36. The molecule has 0 atom stereocenters. The fourth-order valence-electron chi connectivity index (χ4n) is 4.57. The average Bonchev–Trinajstić information content (AvgIpc) is 3.65. The van der Waals surface area contributed by atoms with Crippen LogP contribution in [0, 0.1) is 0 Å². The van der Waals surface area contributed by atoms with Crippen molar-refractivity contribution >= 4 is 108 Å². The Bertz CT molecular complexity index is 1850. The number of fused-ring (bicyclic) bond motifs is 7. The van der Waals surface area contributed by atoms with Crippen LogP contribution >= 0.6 is 57.1 Å². The number of hydrogen-bond donors (Lipinski definition) is 0. The number of thiophene rings is 4. The van der Waals surface area contributed by atoms with Crippen molar-refractivity contribution in [3.05, 3.63) is 71.4 Å². The van der Waals surface area contributed by atoms with E-state index >= 15 is 0 Å². The molecule has 8 rings (SSSR count). The molecule has 3 aromatic carbocycles. The molecule has 0 unspecified atom stereocenters. The quantitative estimate of drug-likeness (QED) is 0.230. The molecule has 156 valence electrons. The van der Waals surface area contributed by atoms with Crippen LogP contribution in [0.25, 0.3) is 72.3 Å². The molecule has 0 N–H and O–H groups in total. The lowest BCUT2D eigenvalue weighted by Gasteiger charge is -2.03. The lowest BCUT2D eigenvalue weighted by atomic mass is 10.0. The first-order valence-corrected chi connectivity index (χ1v) is 14.5. The zero-order chi connectivity index (χ0) is 21.5. The monoisotopic (exact) mass is 512 g/mol. The van der Waals surface area contributed by atoms with Gasteiger partial charge in [0.15, 0.2) is 0 Å². The average molecular weight is 513 g/mol. The first-order chi connectivity index (χ1) is 16.3. The molecular formula is C26H12N2S5. The van der Waals surface area contributed by atoms with Crippen LogP contribution in [0.4, 0.5) is 0 Å². The van der Waals surface area contributed by atoms with E-state index in [4.69, 9.17) is 8.75 Å². The summed E-state index contributed by atoms with van der Waals surface area (Å²) in [7, 11) is 0. The zero-order valence-electron chi connectivity index (χ0n) is 16.9. The van der Waals surface area contributed by atoms with Gasteiger partial charge >= 0.3 is 0 Å². The molecule has 5 heterocycles. The van der Waals surface area contributed by atoms with Gasteiger partial charge in [-0.2, -0.15) is 8.75 Å². The van der Waals surface area contributed by atoms with Gasteiger partial charge in [-0.1, -0.05) is 36.4 Å². The summed E-state index contributed by atoms with van der Waals surface area (Å²) < 4.78 is 15.0. The van der Waals surface area contributed by atoms with Crippen LogP contribution in [0.5, 0.6) is 0 Å². The van der Waals surface area contributed by atoms with Crippen molar-refractivity contribution in [2.75, 3.05) is 0 Å². The SMILES string of the molecule is c1cc2ccc3cc(-c4ccc(-c5cc6ccc7ccsc7c6s5)c5nsnc45)sc3c2s1. The number of rotatable bonds is 2. The van der Waals surface area contributed by atoms with Crippen molar-refractivity contribution in [3.63, 3.8) is 0 Å². The predicted octanol–water partition coefficient (Wildman–Crippen LogP) is 9.88. The van der Waals surface area contributed by atoms with Crippen molar-refractivity contribution in [1.29, 1.82) is 0 Å². The molecule has 33 heavy (non-hydrogen) atoms. The molecule has 0 aliphatic carbocycles. The molecule has 0 spiro atoms. The van der Waals surface area contributed by atoms with Gasteiger partial charge in [0.1, 0.15) is 11.0 Å². The predicted molar refractivity (Wildman–Crippen MR) is 150 cm³/mol. The normalized spacial score (nSPS) is 12.2. The van der Waals surface area contributed by atoms with Crippen LogP contribution in [-0.4, -0.2) is 8.75 Å². The standard InChI is InChI=1S/C26H12N2S5/c1-3-15-11-19(31-25(15)23-13(1)7-9-29-23)17-5-6-18(22-21(17)27-33-28-22)20-12-16-4-2-14-8-10-30-24(14)26(16)32-20/h1-12H. The topological polar surface area (TPSA) is 25.8 Å². The molecule has 0 saturated carbocycles. The Kier molecular flexibility index (Phi) is 3.92. The minimum Gasteiger partial charge on any atom is -0.172 e. The van der Waals surface area contributed by atoms with E-state index in [9.17, 15) is 0 Å². The first-order valence-electron chi connectivity index (χ1n) is 10.4. The molecule has 0 amide bonds. The molecular weight excluding hydrogens is 501 g/mol. The van der Waals surface area contributed by atoms with Gasteiger partial charge in [-0.3, -0.25) is 0 Å². The summed E-state index contributed by atoms with van der Waals surface area (Å²) in [6.45, 7) is 0. The second-order valence-corrected chi connectivity index (χ2v) is 12.5. The van der Waals surface area contributed by atoms with Gasteiger partial charge in [0.25, 0.3) is 0 Å². The summed E-state index contributed by atoms with van der Waals surface area (Å²) in [4.78, 5) is 2.51. The van der Waals surface area contributed by atoms with E-state index in [2.05, 4.69) is 71.4 Å². The van der Waals surface area contributed by atoms with Crippen molar-refractivity contribution < 1.29 is 0 Å². The smallest absolute Gasteiger partial charge is 0.114 e. The highest BCUT2D eigenvalue weighted by atomic mass is 32.1. The van der Waals surface area contributed by atoms with Crippen molar-refractivity contribution in [3.8, 4) is 20.9 Å². The lowest BCUT2D eigenvalue weighted by molar-refractivity contribution is 1.64. The van der Waals surface area contributed by atoms with Crippen molar-refractivity contribution in [2.45, 2.75) is 0 Å². The molecule has 0 aliphatic heterocycles. The molecule has 2 nitrogen and oxygen atoms in total. The Morgan fingerprint density at radius 2 is 0.970 bits per heavy atom. The Balaban J connectivity index is 1.34. The number of hydrogen-bond acceptors (Lipinski definition) is 7. The number of benzene rings is 3. The van der Waals surface area contributed by atoms with Crippen LogP contribution in [0.3, 0.4) is 0 Å². The first kappa shape index (κ1) is 18.7. The Morgan fingerprint density at radius 3 is 1.48 bits per heavy atom.